The molecule has 0 saturated carbocycles. The fourth-order valence-electron chi connectivity index (χ4n) is 2.72. The van der Waals surface area contributed by atoms with Gasteiger partial charge in [-0.2, -0.15) is 0 Å². The van der Waals surface area contributed by atoms with Crippen molar-refractivity contribution in [1.82, 2.24) is 9.80 Å². The van der Waals surface area contributed by atoms with E-state index in [1.165, 1.54) is 11.3 Å². The van der Waals surface area contributed by atoms with Crippen LogP contribution in [0.25, 0.3) is 0 Å². The summed E-state index contributed by atoms with van der Waals surface area (Å²) in [6.07, 6.45) is 2.28. The summed E-state index contributed by atoms with van der Waals surface area (Å²) in [5.74, 6) is 1.09. The number of furan rings is 1. The van der Waals surface area contributed by atoms with Crippen molar-refractivity contribution in [2.45, 2.75) is 19.4 Å². The Morgan fingerprint density at radius 2 is 1.91 bits per heavy atom. The van der Waals surface area contributed by atoms with Crippen molar-refractivity contribution < 1.29 is 14.0 Å². The number of carbonyl (C=O) groups excluding carboxylic acids is 2. The van der Waals surface area contributed by atoms with E-state index in [4.69, 9.17) is 4.42 Å². The summed E-state index contributed by atoms with van der Waals surface area (Å²) < 4.78 is 5.35. The number of nitrogens with zero attached hydrogens (tertiary/aromatic N) is 2. The Kier molecular flexibility index (Phi) is 5.25. The lowest BCUT2D eigenvalue weighted by molar-refractivity contribution is -0.133. The summed E-state index contributed by atoms with van der Waals surface area (Å²) in [7, 11) is 0. The van der Waals surface area contributed by atoms with Crippen LogP contribution in [0.2, 0.25) is 0 Å². The first-order chi connectivity index (χ1) is 11.2. The number of rotatable bonds is 6. The molecule has 122 valence electrons. The van der Waals surface area contributed by atoms with Crippen LogP contribution in [0.5, 0.6) is 0 Å². The molecule has 0 unspecified atom stereocenters. The Labute approximate surface area is 139 Å². The van der Waals surface area contributed by atoms with Crippen LogP contribution in [0.15, 0.2) is 40.3 Å². The van der Waals surface area contributed by atoms with Crippen LogP contribution in [0.4, 0.5) is 0 Å². The van der Waals surface area contributed by atoms with Gasteiger partial charge in [-0.3, -0.25) is 14.5 Å². The molecule has 1 fully saturated rings. The number of thiophene rings is 1. The quantitative estimate of drug-likeness (QED) is 0.763. The van der Waals surface area contributed by atoms with Gasteiger partial charge in [-0.05, 0) is 23.6 Å². The van der Waals surface area contributed by atoms with Gasteiger partial charge in [0, 0.05) is 39.0 Å². The maximum Gasteiger partial charge on any atom is 0.223 e. The predicted molar refractivity (Wildman–Crippen MR) is 88.4 cm³/mol. The topological polar surface area (TPSA) is 53.8 Å². The third-order valence-corrected chi connectivity index (χ3v) is 4.96. The van der Waals surface area contributed by atoms with Gasteiger partial charge in [0.15, 0.2) is 5.78 Å². The van der Waals surface area contributed by atoms with E-state index in [1.807, 2.05) is 34.5 Å². The summed E-state index contributed by atoms with van der Waals surface area (Å²) in [4.78, 5) is 29.1. The molecule has 6 heteroatoms. The average molecular weight is 332 g/mol. The smallest absolute Gasteiger partial charge is 0.223 e. The third kappa shape index (κ3) is 4.30. The van der Waals surface area contributed by atoms with Crippen molar-refractivity contribution in [1.29, 1.82) is 0 Å². The first-order valence-electron chi connectivity index (χ1n) is 7.81. The lowest BCUT2D eigenvalue weighted by atomic mass is 10.1. The zero-order valence-electron chi connectivity index (χ0n) is 12.9. The first-order valence-corrected chi connectivity index (χ1v) is 8.69. The Bertz CT molecular complexity index is 629. The van der Waals surface area contributed by atoms with Gasteiger partial charge in [-0.15, -0.1) is 11.3 Å². The number of ketones is 1. The van der Waals surface area contributed by atoms with Crippen LogP contribution in [-0.4, -0.2) is 47.7 Å². The molecule has 1 aliphatic rings. The molecule has 3 rings (SSSR count). The summed E-state index contributed by atoms with van der Waals surface area (Å²) in [5.41, 5.74) is 0. The Morgan fingerprint density at radius 1 is 1.09 bits per heavy atom. The standard InChI is InChI=1S/C17H20N2O3S/c20-15(16-4-2-12-23-16)5-6-17(21)19-9-7-18(8-10-19)13-14-3-1-11-22-14/h1-4,11-12H,5-10,13H2. The van der Waals surface area contributed by atoms with Crippen molar-refractivity contribution in [3.8, 4) is 0 Å². The molecule has 0 bridgehead atoms. The molecule has 0 spiro atoms. The molecule has 0 N–H and O–H groups in total. The zero-order valence-corrected chi connectivity index (χ0v) is 13.8. The Morgan fingerprint density at radius 3 is 2.57 bits per heavy atom. The molecule has 3 heterocycles. The molecule has 1 aliphatic heterocycles. The number of carbonyl (C=O) groups is 2. The average Bonchev–Trinajstić information content (AvgIpc) is 3.26. The fraction of sp³-hybridized carbons (Fsp3) is 0.412. The number of amides is 1. The summed E-state index contributed by atoms with van der Waals surface area (Å²) in [6.45, 7) is 3.89. The van der Waals surface area contributed by atoms with Crippen LogP contribution >= 0.6 is 11.3 Å². The van der Waals surface area contributed by atoms with Gasteiger partial charge < -0.3 is 9.32 Å². The maximum atomic E-state index is 12.2. The van der Waals surface area contributed by atoms with Gasteiger partial charge in [0.05, 0.1) is 17.7 Å². The van der Waals surface area contributed by atoms with Crippen LogP contribution < -0.4 is 0 Å². The molecule has 0 atom stereocenters. The molecule has 0 aromatic carbocycles. The van der Waals surface area contributed by atoms with E-state index in [-0.39, 0.29) is 11.7 Å². The lowest BCUT2D eigenvalue weighted by Gasteiger charge is -2.34. The highest BCUT2D eigenvalue weighted by atomic mass is 32.1. The van der Waals surface area contributed by atoms with E-state index in [1.54, 1.807) is 6.26 Å². The minimum atomic E-state index is 0.0600. The van der Waals surface area contributed by atoms with Gasteiger partial charge in [0.25, 0.3) is 0 Å². The van der Waals surface area contributed by atoms with E-state index in [0.29, 0.717) is 25.9 Å². The minimum Gasteiger partial charge on any atom is -0.468 e. The highest BCUT2D eigenvalue weighted by Gasteiger charge is 2.22. The second-order valence-electron chi connectivity index (χ2n) is 5.64. The van der Waals surface area contributed by atoms with Crippen LogP contribution in [-0.2, 0) is 11.3 Å². The second-order valence-corrected chi connectivity index (χ2v) is 6.58. The maximum absolute atomic E-state index is 12.2. The van der Waals surface area contributed by atoms with Crippen molar-refractivity contribution in [2.24, 2.45) is 0 Å². The van der Waals surface area contributed by atoms with E-state index < -0.39 is 0 Å². The SMILES string of the molecule is O=C(CCC(=O)N1CCN(Cc2ccco2)CC1)c1cccs1. The summed E-state index contributed by atoms with van der Waals surface area (Å²) in [6, 6.07) is 7.52. The number of hydrogen-bond donors (Lipinski definition) is 0. The number of Topliss-reactive ketones (excluding diaryl/α,β-unsaturated/α-hetero) is 1. The Balaban J connectivity index is 1.40. The lowest BCUT2D eigenvalue weighted by Crippen LogP contribution is -2.48. The number of piperazine rings is 1. The van der Waals surface area contributed by atoms with E-state index >= 15 is 0 Å². The largest absolute Gasteiger partial charge is 0.468 e. The molecule has 1 amide bonds. The van der Waals surface area contributed by atoms with Gasteiger partial charge in [0.1, 0.15) is 5.76 Å². The van der Waals surface area contributed by atoms with Gasteiger partial charge in [-0.1, -0.05) is 6.07 Å². The fourth-order valence-corrected chi connectivity index (χ4v) is 3.41. The van der Waals surface area contributed by atoms with Crippen LogP contribution in [0.1, 0.15) is 28.3 Å². The monoisotopic (exact) mass is 332 g/mol. The van der Waals surface area contributed by atoms with E-state index in [9.17, 15) is 9.59 Å². The van der Waals surface area contributed by atoms with E-state index in [2.05, 4.69) is 4.90 Å². The highest BCUT2D eigenvalue weighted by Crippen LogP contribution is 2.14. The van der Waals surface area contributed by atoms with Crippen molar-refractivity contribution in [2.75, 3.05) is 26.2 Å². The molecule has 2 aromatic heterocycles. The van der Waals surface area contributed by atoms with Crippen molar-refractivity contribution >= 4 is 23.0 Å². The molecule has 23 heavy (non-hydrogen) atoms. The molecular formula is C17H20N2O3S. The van der Waals surface area contributed by atoms with Crippen molar-refractivity contribution in [3.63, 3.8) is 0 Å². The van der Waals surface area contributed by atoms with Gasteiger partial charge >= 0.3 is 0 Å². The summed E-state index contributed by atoms with van der Waals surface area (Å²) in [5, 5.41) is 1.88. The molecule has 0 radical (unpaired) electrons. The second kappa shape index (κ2) is 7.57. The molecule has 1 saturated heterocycles. The first kappa shape index (κ1) is 16.0. The minimum absolute atomic E-state index is 0.0600. The molecular weight excluding hydrogens is 312 g/mol. The predicted octanol–water partition coefficient (Wildman–Crippen LogP) is 2.65. The third-order valence-electron chi connectivity index (χ3n) is 4.05. The highest BCUT2D eigenvalue weighted by molar-refractivity contribution is 7.12. The van der Waals surface area contributed by atoms with Crippen LogP contribution in [0, 0.1) is 0 Å². The normalized spacial score (nSPS) is 15.7. The van der Waals surface area contributed by atoms with Gasteiger partial charge in [0.2, 0.25) is 5.91 Å². The molecule has 5 nitrogen and oxygen atoms in total. The van der Waals surface area contributed by atoms with Crippen molar-refractivity contribution in [3.05, 3.63) is 46.5 Å². The molecule has 2 aromatic rings. The van der Waals surface area contributed by atoms with E-state index in [0.717, 1.165) is 30.3 Å². The number of hydrogen-bond acceptors (Lipinski definition) is 5. The van der Waals surface area contributed by atoms with Gasteiger partial charge in [-0.25, -0.2) is 0 Å². The summed E-state index contributed by atoms with van der Waals surface area (Å²) >= 11 is 1.43. The molecule has 0 aliphatic carbocycles. The zero-order chi connectivity index (χ0) is 16.1. The Hall–Kier alpha value is -1.92. The van der Waals surface area contributed by atoms with Crippen LogP contribution in [0.3, 0.4) is 0 Å².